The molecule has 0 atom stereocenters. The summed E-state index contributed by atoms with van der Waals surface area (Å²) < 4.78 is 28.2. The molecule has 0 unspecified atom stereocenters. The second-order valence-electron chi connectivity index (χ2n) is 4.84. The summed E-state index contributed by atoms with van der Waals surface area (Å²) in [5.74, 6) is -1.53. The maximum absolute atomic E-state index is 13.5. The molecule has 0 spiro atoms. The predicted molar refractivity (Wildman–Crippen MR) is 84.8 cm³/mol. The molecular weight excluding hydrogens is 300 g/mol. The van der Waals surface area contributed by atoms with E-state index in [1.807, 2.05) is 41.2 Å². The number of halogens is 2. The van der Waals surface area contributed by atoms with Crippen molar-refractivity contribution in [2.24, 2.45) is 0 Å². The molecule has 0 saturated carbocycles. The Bertz CT molecular complexity index is 814. The number of carbonyl (C=O) groups is 1. The second kappa shape index (κ2) is 6.31. The van der Waals surface area contributed by atoms with E-state index in [9.17, 15) is 13.6 Å². The van der Waals surface area contributed by atoms with Crippen molar-refractivity contribution in [3.05, 3.63) is 78.6 Å². The van der Waals surface area contributed by atoms with Crippen molar-refractivity contribution in [2.75, 3.05) is 10.6 Å². The summed E-state index contributed by atoms with van der Waals surface area (Å²) in [6.07, 6.45) is 3.82. The number of nitrogens with one attached hydrogen (secondary N) is 2. The lowest BCUT2D eigenvalue weighted by molar-refractivity contribution is 0.262. The van der Waals surface area contributed by atoms with Crippen molar-refractivity contribution in [2.45, 2.75) is 0 Å². The minimum absolute atomic E-state index is 0.0899. The molecule has 6 heteroatoms. The van der Waals surface area contributed by atoms with E-state index in [0.717, 1.165) is 11.8 Å². The first-order valence-electron chi connectivity index (χ1n) is 6.88. The summed E-state index contributed by atoms with van der Waals surface area (Å²) in [4.78, 5) is 11.8. The fourth-order valence-corrected chi connectivity index (χ4v) is 2.10. The first kappa shape index (κ1) is 14.8. The smallest absolute Gasteiger partial charge is 0.323 e. The van der Waals surface area contributed by atoms with Crippen LogP contribution < -0.4 is 10.6 Å². The van der Waals surface area contributed by atoms with Gasteiger partial charge in [0.05, 0.1) is 5.69 Å². The van der Waals surface area contributed by atoms with Crippen LogP contribution in [0.15, 0.2) is 67.0 Å². The van der Waals surface area contributed by atoms with Gasteiger partial charge in [0.1, 0.15) is 11.6 Å². The van der Waals surface area contributed by atoms with Gasteiger partial charge < -0.3 is 15.2 Å². The number of anilines is 2. The molecule has 0 aliphatic heterocycles. The molecule has 116 valence electrons. The molecule has 2 N–H and O–H groups in total. The van der Waals surface area contributed by atoms with E-state index in [1.54, 1.807) is 12.1 Å². The third-order valence-electron chi connectivity index (χ3n) is 3.21. The summed E-state index contributed by atoms with van der Waals surface area (Å²) in [6, 6.07) is 13.3. The Hall–Kier alpha value is -3.15. The molecule has 23 heavy (non-hydrogen) atoms. The van der Waals surface area contributed by atoms with Crippen LogP contribution in [0.3, 0.4) is 0 Å². The first-order chi connectivity index (χ1) is 11.1. The van der Waals surface area contributed by atoms with Gasteiger partial charge in [0.15, 0.2) is 0 Å². The number of benzene rings is 2. The number of rotatable bonds is 3. The fourth-order valence-electron chi connectivity index (χ4n) is 2.10. The third kappa shape index (κ3) is 3.55. The van der Waals surface area contributed by atoms with Crippen molar-refractivity contribution in [1.82, 2.24) is 4.57 Å². The zero-order valence-corrected chi connectivity index (χ0v) is 12.0. The molecule has 1 aromatic heterocycles. The normalized spacial score (nSPS) is 10.3. The van der Waals surface area contributed by atoms with Gasteiger partial charge in [-0.3, -0.25) is 0 Å². The highest BCUT2D eigenvalue weighted by atomic mass is 19.1. The maximum Gasteiger partial charge on any atom is 0.323 e. The van der Waals surface area contributed by atoms with Crippen LogP contribution in [0.4, 0.5) is 25.0 Å². The first-order valence-corrected chi connectivity index (χ1v) is 6.88. The molecule has 0 saturated heterocycles. The predicted octanol–water partition coefficient (Wildman–Crippen LogP) is 4.40. The Morgan fingerprint density at radius 2 is 1.61 bits per heavy atom. The zero-order valence-electron chi connectivity index (χ0n) is 12.0. The minimum atomic E-state index is -0.830. The van der Waals surface area contributed by atoms with E-state index in [2.05, 4.69) is 10.6 Å². The van der Waals surface area contributed by atoms with Gasteiger partial charge in [-0.1, -0.05) is 0 Å². The average molecular weight is 313 g/mol. The van der Waals surface area contributed by atoms with E-state index in [-0.39, 0.29) is 5.69 Å². The number of amides is 2. The Kier molecular flexibility index (Phi) is 4.05. The fraction of sp³-hybridized carbons (Fsp3) is 0. The second-order valence-corrected chi connectivity index (χ2v) is 4.84. The van der Waals surface area contributed by atoms with Gasteiger partial charge in [-0.05, 0) is 48.5 Å². The van der Waals surface area contributed by atoms with Crippen LogP contribution in [-0.4, -0.2) is 10.6 Å². The molecule has 0 bridgehead atoms. The Balaban J connectivity index is 1.66. The van der Waals surface area contributed by atoms with Crippen molar-refractivity contribution >= 4 is 17.4 Å². The van der Waals surface area contributed by atoms with Crippen molar-refractivity contribution in [1.29, 1.82) is 0 Å². The van der Waals surface area contributed by atoms with E-state index in [4.69, 9.17) is 0 Å². The Labute approximate surface area is 131 Å². The quantitative estimate of drug-likeness (QED) is 0.739. The molecule has 2 aromatic carbocycles. The van der Waals surface area contributed by atoms with Crippen LogP contribution >= 0.6 is 0 Å². The number of carbonyl (C=O) groups excluding carboxylic acids is 1. The van der Waals surface area contributed by atoms with E-state index >= 15 is 0 Å². The third-order valence-corrected chi connectivity index (χ3v) is 3.21. The average Bonchev–Trinajstić information content (AvgIpc) is 3.05. The summed E-state index contributed by atoms with van der Waals surface area (Å²) in [7, 11) is 0. The molecular formula is C17H13F2N3O. The summed E-state index contributed by atoms with van der Waals surface area (Å²) in [5, 5.41) is 4.92. The molecule has 0 aliphatic carbocycles. The van der Waals surface area contributed by atoms with Crippen LogP contribution in [0.1, 0.15) is 0 Å². The molecule has 3 rings (SSSR count). The maximum atomic E-state index is 13.5. The highest BCUT2D eigenvalue weighted by Gasteiger charge is 2.08. The van der Waals surface area contributed by atoms with Gasteiger partial charge in [0.25, 0.3) is 0 Å². The lowest BCUT2D eigenvalue weighted by atomic mass is 10.2. The standard InChI is InChI=1S/C17H13F2N3O/c18-12-3-8-16(15(19)11-12)21-17(23)20-13-4-6-14(7-5-13)22-9-1-2-10-22/h1-11H,(H2,20,21,23). The van der Waals surface area contributed by atoms with Gasteiger partial charge in [0, 0.05) is 29.8 Å². The van der Waals surface area contributed by atoms with Crippen LogP contribution in [0.2, 0.25) is 0 Å². The van der Waals surface area contributed by atoms with Gasteiger partial charge in [-0.2, -0.15) is 0 Å². The number of nitrogens with zero attached hydrogens (tertiary/aromatic N) is 1. The molecule has 0 fully saturated rings. The Morgan fingerprint density at radius 3 is 2.26 bits per heavy atom. The number of hydrogen-bond donors (Lipinski definition) is 2. The molecule has 0 radical (unpaired) electrons. The highest BCUT2D eigenvalue weighted by Crippen LogP contribution is 2.17. The van der Waals surface area contributed by atoms with Gasteiger partial charge >= 0.3 is 6.03 Å². The van der Waals surface area contributed by atoms with Crippen LogP contribution in [0.25, 0.3) is 5.69 Å². The van der Waals surface area contributed by atoms with Gasteiger partial charge in [0.2, 0.25) is 0 Å². The SMILES string of the molecule is O=C(Nc1ccc(-n2cccc2)cc1)Nc1ccc(F)cc1F. The van der Waals surface area contributed by atoms with Crippen LogP contribution in [-0.2, 0) is 0 Å². The molecule has 0 aliphatic rings. The van der Waals surface area contributed by atoms with E-state index in [0.29, 0.717) is 11.8 Å². The van der Waals surface area contributed by atoms with Crippen molar-refractivity contribution < 1.29 is 13.6 Å². The zero-order chi connectivity index (χ0) is 16.2. The number of urea groups is 1. The number of aromatic nitrogens is 1. The lowest BCUT2D eigenvalue weighted by Gasteiger charge is -2.09. The van der Waals surface area contributed by atoms with Crippen molar-refractivity contribution in [3.63, 3.8) is 0 Å². The molecule has 3 aromatic rings. The van der Waals surface area contributed by atoms with Crippen molar-refractivity contribution in [3.8, 4) is 5.69 Å². The molecule has 1 heterocycles. The monoisotopic (exact) mass is 313 g/mol. The summed E-state index contributed by atoms with van der Waals surface area (Å²) in [5.41, 5.74) is 1.42. The Morgan fingerprint density at radius 1 is 0.913 bits per heavy atom. The molecule has 4 nitrogen and oxygen atoms in total. The van der Waals surface area contributed by atoms with E-state index < -0.39 is 17.7 Å². The largest absolute Gasteiger partial charge is 0.324 e. The van der Waals surface area contributed by atoms with Crippen LogP contribution in [0.5, 0.6) is 0 Å². The summed E-state index contributed by atoms with van der Waals surface area (Å²) >= 11 is 0. The van der Waals surface area contributed by atoms with Gasteiger partial charge in [-0.15, -0.1) is 0 Å². The number of hydrogen-bond acceptors (Lipinski definition) is 1. The lowest BCUT2D eigenvalue weighted by Crippen LogP contribution is -2.20. The van der Waals surface area contributed by atoms with Crippen LogP contribution in [0, 0.1) is 11.6 Å². The molecule has 2 amide bonds. The minimum Gasteiger partial charge on any atom is -0.324 e. The van der Waals surface area contributed by atoms with Gasteiger partial charge in [-0.25, -0.2) is 13.6 Å². The topological polar surface area (TPSA) is 46.1 Å². The van der Waals surface area contributed by atoms with E-state index in [1.165, 1.54) is 6.07 Å². The highest BCUT2D eigenvalue weighted by molar-refractivity contribution is 5.99. The summed E-state index contributed by atoms with van der Waals surface area (Å²) in [6.45, 7) is 0.